The fourth-order valence-electron chi connectivity index (χ4n) is 3.14. The molecule has 0 radical (unpaired) electrons. The molecule has 2 amide bonds. The Hall–Kier alpha value is -3.02. The molecule has 0 saturated carbocycles. The predicted molar refractivity (Wildman–Crippen MR) is 100 cm³/mol. The molecule has 6 heteroatoms. The number of hydrogen-bond acceptors (Lipinski definition) is 4. The van der Waals surface area contributed by atoms with Crippen molar-refractivity contribution in [2.75, 3.05) is 31.0 Å². The number of aryl methyl sites for hydroxylation is 1. The first-order chi connectivity index (χ1) is 12.5. The van der Waals surface area contributed by atoms with E-state index in [1.165, 1.54) is 0 Å². The van der Waals surface area contributed by atoms with E-state index in [0.29, 0.717) is 22.7 Å². The second kappa shape index (κ2) is 7.47. The fraction of sp³-hybridized carbons (Fsp3) is 0.300. The molecule has 6 nitrogen and oxygen atoms in total. The second-order valence-corrected chi connectivity index (χ2v) is 6.17. The lowest BCUT2D eigenvalue weighted by molar-refractivity contribution is -0.116. The highest BCUT2D eigenvalue weighted by atomic mass is 16.5. The average molecular weight is 354 g/mol. The van der Waals surface area contributed by atoms with Gasteiger partial charge in [0.25, 0.3) is 5.91 Å². The zero-order chi connectivity index (χ0) is 18.7. The maximum Gasteiger partial charge on any atom is 0.255 e. The van der Waals surface area contributed by atoms with Crippen LogP contribution in [0.5, 0.6) is 11.5 Å². The Morgan fingerprint density at radius 3 is 2.35 bits per heavy atom. The van der Waals surface area contributed by atoms with Gasteiger partial charge in [0.15, 0.2) is 0 Å². The fourth-order valence-corrected chi connectivity index (χ4v) is 3.14. The maximum atomic E-state index is 12.6. The van der Waals surface area contributed by atoms with Crippen molar-refractivity contribution >= 4 is 23.2 Å². The van der Waals surface area contributed by atoms with Gasteiger partial charge in [0.1, 0.15) is 11.5 Å². The maximum absolute atomic E-state index is 12.6. The Kier molecular flexibility index (Phi) is 5.11. The van der Waals surface area contributed by atoms with Gasteiger partial charge in [-0.25, -0.2) is 0 Å². The number of nitrogens with zero attached hydrogens (tertiary/aromatic N) is 1. The van der Waals surface area contributed by atoms with Gasteiger partial charge in [0.05, 0.1) is 14.2 Å². The third-order valence-electron chi connectivity index (χ3n) is 4.45. The SMILES string of the molecule is COc1cc(OC)cc(C(=O)Nc2ccc3c(c2)CCCN3C(C)=O)c1. The summed E-state index contributed by atoms with van der Waals surface area (Å²) in [4.78, 5) is 26.1. The van der Waals surface area contributed by atoms with Crippen LogP contribution in [0.1, 0.15) is 29.3 Å². The van der Waals surface area contributed by atoms with Gasteiger partial charge in [0, 0.05) is 36.5 Å². The Bertz CT molecular complexity index is 825. The van der Waals surface area contributed by atoms with Crippen molar-refractivity contribution in [3.05, 3.63) is 47.5 Å². The number of carbonyl (C=O) groups is 2. The minimum absolute atomic E-state index is 0.0335. The van der Waals surface area contributed by atoms with Gasteiger partial charge in [-0.05, 0) is 48.7 Å². The number of ether oxygens (including phenoxy) is 2. The standard InChI is InChI=1S/C20H22N2O4/c1-13(23)22-8-4-5-14-9-16(6-7-19(14)22)21-20(24)15-10-17(25-2)12-18(11-15)26-3/h6-7,9-12H,4-5,8H2,1-3H3,(H,21,24). The number of hydrogen-bond donors (Lipinski definition) is 1. The third-order valence-corrected chi connectivity index (χ3v) is 4.45. The first kappa shape index (κ1) is 17.8. The van der Waals surface area contributed by atoms with Crippen LogP contribution < -0.4 is 19.7 Å². The van der Waals surface area contributed by atoms with Crippen molar-refractivity contribution in [1.82, 2.24) is 0 Å². The largest absolute Gasteiger partial charge is 0.497 e. The van der Waals surface area contributed by atoms with Gasteiger partial charge >= 0.3 is 0 Å². The molecule has 0 saturated heterocycles. The molecule has 0 aliphatic carbocycles. The van der Waals surface area contributed by atoms with Gasteiger partial charge in [-0.15, -0.1) is 0 Å². The van der Waals surface area contributed by atoms with Crippen molar-refractivity contribution in [3.63, 3.8) is 0 Å². The molecule has 0 unspecified atom stereocenters. The molecule has 3 rings (SSSR count). The highest BCUT2D eigenvalue weighted by Crippen LogP contribution is 2.30. The van der Waals surface area contributed by atoms with Crippen LogP contribution in [0.2, 0.25) is 0 Å². The van der Waals surface area contributed by atoms with Crippen LogP contribution in [0.25, 0.3) is 0 Å². The van der Waals surface area contributed by atoms with Crippen molar-refractivity contribution < 1.29 is 19.1 Å². The Morgan fingerprint density at radius 1 is 1.04 bits per heavy atom. The highest BCUT2D eigenvalue weighted by molar-refractivity contribution is 6.05. The number of amides is 2. The molecular weight excluding hydrogens is 332 g/mol. The zero-order valence-corrected chi connectivity index (χ0v) is 15.2. The van der Waals surface area contributed by atoms with Gasteiger partial charge in [-0.2, -0.15) is 0 Å². The van der Waals surface area contributed by atoms with Crippen LogP contribution in [0.15, 0.2) is 36.4 Å². The molecular formula is C20H22N2O4. The van der Waals surface area contributed by atoms with E-state index in [1.807, 2.05) is 18.2 Å². The van der Waals surface area contributed by atoms with E-state index in [2.05, 4.69) is 5.32 Å². The zero-order valence-electron chi connectivity index (χ0n) is 15.2. The third kappa shape index (κ3) is 3.64. The summed E-state index contributed by atoms with van der Waals surface area (Å²) < 4.78 is 10.4. The number of anilines is 2. The van der Waals surface area contributed by atoms with E-state index in [1.54, 1.807) is 44.2 Å². The first-order valence-electron chi connectivity index (χ1n) is 8.47. The molecule has 0 aromatic heterocycles. The van der Waals surface area contributed by atoms with Crippen molar-refractivity contribution in [3.8, 4) is 11.5 Å². The van der Waals surface area contributed by atoms with E-state index in [0.717, 1.165) is 30.6 Å². The van der Waals surface area contributed by atoms with E-state index >= 15 is 0 Å². The van der Waals surface area contributed by atoms with Crippen LogP contribution in [-0.4, -0.2) is 32.6 Å². The lowest BCUT2D eigenvalue weighted by atomic mass is 10.0. The van der Waals surface area contributed by atoms with Crippen molar-refractivity contribution in [1.29, 1.82) is 0 Å². The Labute approximate surface area is 152 Å². The van der Waals surface area contributed by atoms with E-state index < -0.39 is 0 Å². The Morgan fingerprint density at radius 2 is 1.73 bits per heavy atom. The molecule has 2 aromatic rings. The summed E-state index contributed by atoms with van der Waals surface area (Å²) in [5.41, 5.74) is 3.13. The molecule has 0 spiro atoms. The topological polar surface area (TPSA) is 67.9 Å². The molecule has 0 fully saturated rings. The molecule has 2 aromatic carbocycles. The smallest absolute Gasteiger partial charge is 0.255 e. The summed E-state index contributed by atoms with van der Waals surface area (Å²) in [6, 6.07) is 10.7. The number of carbonyl (C=O) groups excluding carboxylic acids is 2. The molecule has 1 aliphatic rings. The van der Waals surface area contributed by atoms with Gasteiger partial charge < -0.3 is 19.7 Å². The van der Waals surface area contributed by atoms with Crippen LogP contribution in [0.3, 0.4) is 0 Å². The molecule has 0 bridgehead atoms. The summed E-state index contributed by atoms with van der Waals surface area (Å²) in [5.74, 6) is 0.890. The van der Waals surface area contributed by atoms with E-state index in [-0.39, 0.29) is 11.8 Å². The number of fused-ring (bicyclic) bond motifs is 1. The summed E-state index contributed by atoms with van der Waals surface area (Å²) in [6.45, 7) is 2.30. The number of nitrogens with one attached hydrogen (secondary N) is 1. The monoisotopic (exact) mass is 354 g/mol. The minimum Gasteiger partial charge on any atom is -0.497 e. The molecule has 26 heavy (non-hydrogen) atoms. The molecule has 1 heterocycles. The predicted octanol–water partition coefficient (Wildman–Crippen LogP) is 3.26. The van der Waals surface area contributed by atoms with Crippen LogP contribution in [0.4, 0.5) is 11.4 Å². The van der Waals surface area contributed by atoms with E-state index in [9.17, 15) is 9.59 Å². The number of rotatable bonds is 4. The average Bonchev–Trinajstić information content (AvgIpc) is 2.66. The van der Waals surface area contributed by atoms with Crippen LogP contribution in [0, 0.1) is 0 Å². The second-order valence-electron chi connectivity index (χ2n) is 6.17. The Balaban J connectivity index is 1.83. The molecule has 1 aliphatic heterocycles. The summed E-state index contributed by atoms with van der Waals surface area (Å²) >= 11 is 0. The van der Waals surface area contributed by atoms with Crippen LogP contribution in [-0.2, 0) is 11.2 Å². The van der Waals surface area contributed by atoms with Crippen LogP contribution >= 0.6 is 0 Å². The summed E-state index contributed by atoms with van der Waals surface area (Å²) in [7, 11) is 3.08. The molecule has 0 atom stereocenters. The molecule has 136 valence electrons. The minimum atomic E-state index is -0.249. The van der Waals surface area contributed by atoms with Gasteiger partial charge in [-0.1, -0.05) is 0 Å². The number of methoxy groups -OCH3 is 2. The van der Waals surface area contributed by atoms with Gasteiger partial charge in [0.2, 0.25) is 5.91 Å². The van der Waals surface area contributed by atoms with E-state index in [4.69, 9.17) is 9.47 Å². The lowest BCUT2D eigenvalue weighted by Gasteiger charge is -2.29. The number of benzene rings is 2. The van der Waals surface area contributed by atoms with Crippen molar-refractivity contribution in [2.24, 2.45) is 0 Å². The lowest BCUT2D eigenvalue weighted by Crippen LogP contribution is -2.33. The highest BCUT2D eigenvalue weighted by Gasteiger charge is 2.20. The summed E-state index contributed by atoms with van der Waals surface area (Å²) in [6.07, 6.45) is 1.80. The first-order valence-corrected chi connectivity index (χ1v) is 8.47. The summed E-state index contributed by atoms with van der Waals surface area (Å²) in [5, 5.41) is 2.90. The van der Waals surface area contributed by atoms with Gasteiger partial charge in [-0.3, -0.25) is 9.59 Å². The molecule has 1 N–H and O–H groups in total. The normalized spacial score (nSPS) is 13.0. The quantitative estimate of drug-likeness (QED) is 0.915. The van der Waals surface area contributed by atoms with Crippen molar-refractivity contribution in [2.45, 2.75) is 19.8 Å².